The summed E-state index contributed by atoms with van der Waals surface area (Å²) in [4.78, 5) is 24.9. The van der Waals surface area contributed by atoms with Crippen molar-refractivity contribution in [2.45, 2.75) is 6.92 Å². The summed E-state index contributed by atoms with van der Waals surface area (Å²) in [7, 11) is 1.57. The lowest BCUT2D eigenvalue weighted by Crippen LogP contribution is -2.39. The Morgan fingerprint density at radius 3 is 2.52 bits per heavy atom. The van der Waals surface area contributed by atoms with Gasteiger partial charge in [0, 0.05) is 12.2 Å². The minimum absolute atomic E-state index is 0.123. The molecular weight excluding hydrogens is 272 g/mol. The molecule has 6 nitrogen and oxygen atoms in total. The van der Waals surface area contributed by atoms with Gasteiger partial charge in [0.15, 0.2) is 0 Å². The van der Waals surface area contributed by atoms with Crippen molar-refractivity contribution in [2.24, 2.45) is 0 Å². The van der Waals surface area contributed by atoms with Gasteiger partial charge in [0.25, 0.3) is 0 Å². The molecule has 0 aromatic heterocycles. The first-order chi connectivity index (χ1) is 10.1. The van der Waals surface area contributed by atoms with Gasteiger partial charge >= 0.3 is 12.0 Å². The van der Waals surface area contributed by atoms with E-state index in [4.69, 9.17) is 9.47 Å². The van der Waals surface area contributed by atoms with E-state index in [0.29, 0.717) is 11.4 Å². The molecule has 0 unspecified atom stereocenters. The van der Waals surface area contributed by atoms with Crippen LogP contribution in [0.5, 0.6) is 5.75 Å². The maximum Gasteiger partial charge on any atom is 0.325 e. The van der Waals surface area contributed by atoms with Crippen molar-refractivity contribution in [3.8, 4) is 5.75 Å². The van der Waals surface area contributed by atoms with Gasteiger partial charge in [0.05, 0.1) is 13.7 Å². The molecule has 114 valence electrons. The van der Waals surface area contributed by atoms with E-state index in [0.717, 1.165) is 0 Å². The molecule has 0 heterocycles. The highest BCUT2D eigenvalue weighted by Gasteiger charge is 2.16. The van der Waals surface area contributed by atoms with E-state index in [9.17, 15) is 9.59 Å². The number of anilines is 1. The van der Waals surface area contributed by atoms with Crippen LogP contribution in [0.4, 0.5) is 10.5 Å². The van der Waals surface area contributed by atoms with Crippen LogP contribution in [-0.4, -0.2) is 43.7 Å². The van der Waals surface area contributed by atoms with Gasteiger partial charge in [-0.2, -0.15) is 0 Å². The number of rotatable bonds is 7. The van der Waals surface area contributed by atoms with Crippen LogP contribution in [0.1, 0.15) is 6.92 Å². The van der Waals surface area contributed by atoms with E-state index < -0.39 is 12.0 Å². The average molecular weight is 292 g/mol. The van der Waals surface area contributed by atoms with Crippen LogP contribution in [0, 0.1) is 0 Å². The van der Waals surface area contributed by atoms with E-state index in [1.54, 1.807) is 44.4 Å². The van der Waals surface area contributed by atoms with Crippen molar-refractivity contribution in [1.82, 2.24) is 4.90 Å². The number of urea groups is 1. The Morgan fingerprint density at radius 1 is 1.33 bits per heavy atom. The number of amides is 2. The zero-order chi connectivity index (χ0) is 15.7. The van der Waals surface area contributed by atoms with Crippen LogP contribution in [0.25, 0.3) is 0 Å². The summed E-state index contributed by atoms with van der Waals surface area (Å²) in [6.07, 6.45) is 1.55. The molecule has 0 aliphatic carbocycles. The Hall–Kier alpha value is -2.50. The Bertz CT molecular complexity index is 485. The summed E-state index contributed by atoms with van der Waals surface area (Å²) >= 11 is 0. The maximum absolute atomic E-state index is 12.1. The van der Waals surface area contributed by atoms with Gasteiger partial charge in [-0.15, -0.1) is 6.58 Å². The minimum Gasteiger partial charge on any atom is -0.497 e. The van der Waals surface area contributed by atoms with E-state index in [-0.39, 0.29) is 19.7 Å². The van der Waals surface area contributed by atoms with Gasteiger partial charge in [-0.05, 0) is 31.2 Å². The molecule has 0 saturated carbocycles. The van der Waals surface area contributed by atoms with Gasteiger partial charge in [-0.25, -0.2) is 4.79 Å². The molecule has 0 saturated heterocycles. The fourth-order valence-electron chi connectivity index (χ4n) is 1.61. The molecule has 0 spiro atoms. The number of methoxy groups -OCH3 is 1. The third-order valence-corrected chi connectivity index (χ3v) is 2.60. The Labute approximate surface area is 124 Å². The third-order valence-electron chi connectivity index (χ3n) is 2.60. The summed E-state index contributed by atoms with van der Waals surface area (Å²) in [6.45, 7) is 5.70. The Balaban J connectivity index is 2.66. The largest absolute Gasteiger partial charge is 0.497 e. The molecule has 0 radical (unpaired) electrons. The number of esters is 1. The van der Waals surface area contributed by atoms with Crippen LogP contribution in [0.3, 0.4) is 0 Å². The van der Waals surface area contributed by atoms with E-state index in [1.165, 1.54) is 4.90 Å². The lowest BCUT2D eigenvalue weighted by Gasteiger charge is -2.20. The lowest BCUT2D eigenvalue weighted by atomic mass is 10.3. The van der Waals surface area contributed by atoms with Crippen molar-refractivity contribution >= 4 is 17.7 Å². The number of hydrogen-bond acceptors (Lipinski definition) is 4. The van der Waals surface area contributed by atoms with Gasteiger partial charge < -0.3 is 19.7 Å². The predicted molar refractivity (Wildman–Crippen MR) is 80.4 cm³/mol. The normalized spacial score (nSPS) is 9.62. The second-order valence-electron chi connectivity index (χ2n) is 4.13. The summed E-state index contributed by atoms with van der Waals surface area (Å²) in [5.41, 5.74) is 0.610. The van der Waals surface area contributed by atoms with Gasteiger partial charge in [-0.3, -0.25) is 4.79 Å². The number of carbonyl (C=O) groups excluding carboxylic acids is 2. The standard InChI is InChI=1S/C15H20N2O4/c1-4-10-17(11-14(18)21-5-2)15(19)16-12-6-8-13(20-3)9-7-12/h4,6-9H,1,5,10-11H2,2-3H3,(H,16,19). The first kappa shape index (κ1) is 16.6. The third kappa shape index (κ3) is 5.56. The SMILES string of the molecule is C=CCN(CC(=O)OCC)C(=O)Nc1ccc(OC)cc1. The molecule has 0 bridgehead atoms. The van der Waals surface area contributed by atoms with Crippen LogP contribution >= 0.6 is 0 Å². The minimum atomic E-state index is -0.454. The molecule has 0 fully saturated rings. The average Bonchev–Trinajstić information content (AvgIpc) is 2.48. The van der Waals surface area contributed by atoms with E-state index >= 15 is 0 Å². The quantitative estimate of drug-likeness (QED) is 0.618. The van der Waals surface area contributed by atoms with Crippen molar-refractivity contribution in [2.75, 3.05) is 32.1 Å². The number of ether oxygens (including phenoxy) is 2. The lowest BCUT2D eigenvalue weighted by molar-refractivity contribution is -0.143. The van der Waals surface area contributed by atoms with Crippen LogP contribution in [0.15, 0.2) is 36.9 Å². The molecule has 1 N–H and O–H groups in total. The Kier molecular flexibility index (Phi) is 6.80. The van der Waals surface area contributed by atoms with Crippen LogP contribution < -0.4 is 10.1 Å². The fourth-order valence-corrected chi connectivity index (χ4v) is 1.61. The molecule has 21 heavy (non-hydrogen) atoms. The molecule has 0 aliphatic rings. The number of hydrogen-bond donors (Lipinski definition) is 1. The number of benzene rings is 1. The van der Waals surface area contributed by atoms with Crippen molar-refractivity contribution < 1.29 is 19.1 Å². The number of nitrogens with zero attached hydrogens (tertiary/aromatic N) is 1. The summed E-state index contributed by atoms with van der Waals surface area (Å²) in [5.74, 6) is 0.242. The molecule has 1 rings (SSSR count). The molecule has 0 aliphatic heterocycles. The van der Waals surface area contributed by atoms with Gasteiger partial charge in [0.1, 0.15) is 12.3 Å². The highest BCUT2D eigenvalue weighted by molar-refractivity contribution is 5.91. The second kappa shape index (κ2) is 8.63. The molecule has 6 heteroatoms. The van der Waals surface area contributed by atoms with Gasteiger partial charge in [-0.1, -0.05) is 6.08 Å². The second-order valence-corrected chi connectivity index (χ2v) is 4.13. The molecule has 1 aromatic rings. The van der Waals surface area contributed by atoms with E-state index in [1.807, 2.05) is 0 Å². The van der Waals surface area contributed by atoms with E-state index in [2.05, 4.69) is 11.9 Å². The zero-order valence-electron chi connectivity index (χ0n) is 12.3. The molecule has 1 aromatic carbocycles. The fraction of sp³-hybridized carbons (Fsp3) is 0.333. The number of nitrogens with one attached hydrogen (secondary N) is 1. The number of carbonyl (C=O) groups is 2. The predicted octanol–water partition coefficient (Wildman–Crippen LogP) is 2.28. The Morgan fingerprint density at radius 2 is 2.00 bits per heavy atom. The smallest absolute Gasteiger partial charge is 0.325 e. The van der Waals surface area contributed by atoms with Gasteiger partial charge in [0.2, 0.25) is 0 Å². The van der Waals surface area contributed by atoms with Crippen molar-refractivity contribution in [3.63, 3.8) is 0 Å². The van der Waals surface area contributed by atoms with Crippen molar-refractivity contribution in [1.29, 1.82) is 0 Å². The first-order valence-electron chi connectivity index (χ1n) is 6.57. The molecular formula is C15H20N2O4. The maximum atomic E-state index is 12.1. The summed E-state index contributed by atoms with van der Waals surface area (Å²) in [6, 6.07) is 6.51. The highest BCUT2D eigenvalue weighted by Crippen LogP contribution is 2.15. The summed E-state index contributed by atoms with van der Waals surface area (Å²) in [5, 5.41) is 2.70. The topological polar surface area (TPSA) is 67.9 Å². The first-order valence-corrected chi connectivity index (χ1v) is 6.57. The highest BCUT2D eigenvalue weighted by atomic mass is 16.5. The van der Waals surface area contributed by atoms with Crippen LogP contribution in [0.2, 0.25) is 0 Å². The molecule has 2 amide bonds. The monoisotopic (exact) mass is 292 g/mol. The summed E-state index contributed by atoms with van der Waals surface area (Å²) < 4.78 is 9.88. The van der Waals surface area contributed by atoms with Crippen LogP contribution in [-0.2, 0) is 9.53 Å². The zero-order valence-corrected chi connectivity index (χ0v) is 12.3. The van der Waals surface area contributed by atoms with Crippen molar-refractivity contribution in [3.05, 3.63) is 36.9 Å². The molecule has 0 atom stereocenters.